The maximum Gasteiger partial charge on any atom is 0.231 e. The Hall–Kier alpha value is -1.59. The van der Waals surface area contributed by atoms with E-state index in [1.54, 1.807) is 0 Å². The smallest absolute Gasteiger partial charge is 0.231 e. The van der Waals surface area contributed by atoms with Gasteiger partial charge in [-0.1, -0.05) is 0 Å². The Labute approximate surface area is 121 Å². The summed E-state index contributed by atoms with van der Waals surface area (Å²) >= 11 is 0. The zero-order valence-corrected chi connectivity index (χ0v) is 13.1. The molecule has 6 nitrogen and oxygen atoms in total. The van der Waals surface area contributed by atoms with Crippen molar-refractivity contribution in [3.63, 3.8) is 0 Å². The number of nitrogens with zero attached hydrogens (tertiary/aromatic N) is 5. The first-order valence-electron chi connectivity index (χ1n) is 7.67. The van der Waals surface area contributed by atoms with Gasteiger partial charge in [0.1, 0.15) is 0 Å². The van der Waals surface area contributed by atoms with Crippen LogP contribution in [0.2, 0.25) is 0 Å². The number of hydrogen-bond donors (Lipinski definition) is 1. The third-order valence-corrected chi connectivity index (χ3v) is 3.93. The van der Waals surface area contributed by atoms with E-state index in [9.17, 15) is 0 Å². The summed E-state index contributed by atoms with van der Waals surface area (Å²) < 4.78 is 0. The predicted molar refractivity (Wildman–Crippen MR) is 83.6 cm³/mol. The first kappa shape index (κ1) is 14.8. The van der Waals surface area contributed by atoms with Gasteiger partial charge in [-0.3, -0.25) is 0 Å². The minimum absolute atomic E-state index is 0.580. The van der Waals surface area contributed by atoms with Gasteiger partial charge < -0.3 is 15.1 Å². The van der Waals surface area contributed by atoms with Crippen molar-refractivity contribution in [2.75, 3.05) is 41.8 Å². The summed E-state index contributed by atoms with van der Waals surface area (Å²) in [4.78, 5) is 18.1. The van der Waals surface area contributed by atoms with E-state index in [1.807, 2.05) is 0 Å². The van der Waals surface area contributed by atoms with Gasteiger partial charge in [-0.25, -0.2) is 0 Å². The fourth-order valence-electron chi connectivity index (χ4n) is 2.33. The van der Waals surface area contributed by atoms with Crippen molar-refractivity contribution in [2.24, 2.45) is 0 Å². The Kier molecular flexibility index (Phi) is 4.98. The monoisotopic (exact) mass is 278 g/mol. The molecule has 20 heavy (non-hydrogen) atoms. The number of aromatic nitrogens is 3. The lowest BCUT2D eigenvalue weighted by Crippen LogP contribution is -2.38. The van der Waals surface area contributed by atoms with Crippen LogP contribution in [-0.2, 0) is 0 Å². The molecule has 1 fully saturated rings. The topological polar surface area (TPSA) is 57.2 Å². The average Bonchev–Trinajstić information content (AvgIpc) is 2.38. The third kappa shape index (κ3) is 3.11. The van der Waals surface area contributed by atoms with Crippen LogP contribution >= 0.6 is 0 Å². The maximum atomic E-state index is 4.65. The Bertz CT molecular complexity index is 428. The molecule has 0 saturated heterocycles. The highest BCUT2D eigenvalue weighted by Crippen LogP contribution is 2.27. The molecule has 1 aliphatic rings. The largest absolute Gasteiger partial charge is 0.354 e. The summed E-state index contributed by atoms with van der Waals surface area (Å²) in [5.41, 5.74) is 0. The molecule has 1 aliphatic carbocycles. The SMILES string of the molecule is CCNc1nc(N(CC)CC)nc(N(C)C2CCC2)n1. The Morgan fingerprint density at radius 2 is 1.70 bits per heavy atom. The van der Waals surface area contributed by atoms with Crippen LogP contribution in [0.4, 0.5) is 17.8 Å². The summed E-state index contributed by atoms with van der Waals surface area (Å²) in [6, 6.07) is 0.580. The quantitative estimate of drug-likeness (QED) is 0.824. The Balaban J connectivity index is 2.29. The standard InChI is InChI=1S/C14H26N6/c1-5-15-12-16-13(19(4)11-9-8-10-11)18-14(17-12)20(6-2)7-3/h11H,5-10H2,1-4H3,(H,15,16,17,18). The summed E-state index contributed by atoms with van der Waals surface area (Å²) in [6.07, 6.45) is 3.78. The van der Waals surface area contributed by atoms with Crippen LogP contribution in [0.5, 0.6) is 0 Å². The summed E-state index contributed by atoms with van der Waals surface area (Å²) in [5.74, 6) is 2.22. The van der Waals surface area contributed by atoms with E-state index in [4.69, 9.17) is 0 Å². The van der Waals surface area contributed by atoms with E-state index in [0.29, 0.717) is 12.0 Å². The molecule has 0 atom stereocenters. The molecular weight excluding hydrogens is 252 g/mol. The molecule has 0 spiro atoms. The van der Waals surface area contributed by atoms with Crippen LogP contribution in [-0.4, -0.2) is 47.7 Å². The second kappa shape index (κ2) is 6.72. The van der Waals surface area contributed by atoms with Gasteiger partial charge in [-0.05, 0) is 40.0 Å². The molecule has 0 aromatic carbocycles. The Morgan fingerprint density at radius 3 is 2.20 bits per heavy atom. The second-order valence-corrected chi connectivity index (χ2v) is 5.16. The third-order valence-electron chi connectivity index (χ3n) is 3.93. The lowest BCUT2D eigenvalue weighted by atomic mass is 9.92. The van der Waals surface area contributed by atoms with Gasteiger partial charge in [-0.15, -0.1) is 0 Å². The summed E-state index contributed by atoms with van der Waals surface area (Å²) in [6.45, 7) is 8.91. The lowest BCUT2D eigenvalue weighted by molar-refractivity contribution is 0.397. The van der Waals surface area contributed by atoms with Crippen LogP contribution in [0, 0.1) is 0 Å². The average molecular weight is 278 g/mol. The molecule has 1 heterocycles. The molecule has 0 radical (unpaired) electrons. The first-order valence-corrected chi connectivity index (χ1v) is 7.67. The number of hydrogen-bond acceptors (Lipinski definition) is 6. The summed E-state index contributed by atoms with van der Waals surface area (Å²) in [7, 11) is 2.08. The molecule has 0 bridgehead atoms. The lowest BCUT2D eigenvalue weighted by Gasteiger charge is -2.35. The fourth-order valence-corrected chi connectivity index (χ4v) is 2.33. The van der Waals surface area contributed by atoms with Gasteiger partial charge in [0, 0.05) is 32.7 Å². The van der Waals surface area contributed by atoms with Crippen molar-refractivity contribution in [1.29, 1.82) is 0 Å². The van der Waals surface area contributed by atoms with Crippen LogP contribution in [0.15, 0.2) is 0 Å². The highest BCUT2D eigenvalue weighted by molar-refractivity contribution is 5.45. The molecule has 2 rings (SSSR count). The van der Waals surface area contributed by atoms with Crippen LogP contribution in [0.3, 0.4) is 0 Å². The van der Waals surface area contributed by atoms with E-state index in [-0.39, 0.29) is 0 Å². The number of rotatable bonds is 7. The molecule has 0 amide bonds. The second-order valence-electron chi connectivity index (χ2n) is 5.16. The highest BCUT2D eigenvalue weighted by Gasteiger charge is 2.25. The van der Waals surface area contributed by atoms with Gasteiger partial charge in [0.2, 0.25) is 17.8 Å². The van der Waals surface area contributed by atoms with E-state index in [2.05, 4.69) is 57.9 Å². The van der Waals surface area contributed by atoms with Gasteiger partial charge in [-0.2, -0.15) is 15.0 Å². The molecule has 0 aliphatic heterocycles. The molecule has 1 aromatic rings. The van der Waals surface area contributed by atoms with Gasteiger partial charge in [0.05, 0.1) is 0 Å². The van der Waals surface area contributed by atoms with Crippen molar-refractivity contribution in [2.45, 2.75) is 46.1 Å². The van der Waals surface area contributed by atoms with E-state index < -0.39 is 0 Å². The van der Waals surface area contributed by atoms with Gasteiger partial charge >= 0.3 is 0 Å². The van der Waals surface area contributed by atoms with Crippen LogP contribution < -0.4 is 15.1 Å². The molecule has 1 N–H and O–H groups in total. The maximum absolute atomic E-state index is 4.65. The molecule has 112 valence electrons. The van der Waals surface area contributed by atoms with Crippen molar-refractivity contribution in [1.82, 2.24) is 15.0 Å². The van der Waals surface area contributed by atoms with E-state index >= 15 is 0 Å². The molecule has 6 heteroatoms. The molecule has 1 aromatic heterocycles. The minimum atomic E-state index is 0.580. The van der Waals surface area contributed by atoms with Gasteiger partial charge in [0.15, 0.2) is 0 Å². The van der Waals surface area contributed by atoms with Crippen molar-refractivity contribution >= 4 is 17.8 Å². The number of anilines is 3. The first-order chi connectivity index (χ1) is 9.69. The van der Waals surface area contributed by atoms with Crippen molar-refractivity contribution in [3.05, 3.63) is 0 Å². The van der Waals surface area contributed by atoms with Crippen molar-refractivity contribution in [3.8, 4) is 0 Å². The minimum Gasteiger partial charge on any atom is -0.354 e. The van der Waals surface area contributed by atoms with Crippen molar-refractivity contribution < 1.29 is 0 Å². The zero-order chi connectivity index (χ0) is 14.5. The van der Waals surface area contributed by atoms with Gasteiger partial charge in [0.25, 0.3) is 0 Å². The Morgan fingerprint density at radius 1 is 1.05 bits per heavy atom. The van der Waals surface area contributed by atoms with Crippen LogP contribution in [0.25, 0.3) is 0 Å². The highest BCUT2D eigenvalue weighted by atomic mass is 15.4. The molecule has 0 unspecified atom stereocenters. The normalized spacial score (nSPS) is 14.8. The molecule has 1 saturated carbocycles. The van der Waals surface area contributed by atoms with E-state index in [0.717, 1.165) is 31.5 Å². The summed E-state index contributed by atoms with van der Waals surface area (Å²) in [5, 5.41) is 3.21. The fraction of sp³-hybridized carbons (Fsp3) is 0.786. The van der Waals surface area contributed by atoms with Crippen LogP contribution in [0.1, 0.15) is 40.0 Å². The molecular formula is C14H26N6. The zero-order valence-electron chi connectivity index (χ0n) is 13.1. The predicted octanol–water partition coefficient (Wildman–Crippen LogP) is 2.14. The number of nitrogens with one attached hydrogen (secondary N) is 1. The van der Waals surface area contributed by atoms with E-state index in [1.165, 1.54) is 19.3 Å².